The van der Waals surface area contributed by atoms with Crippen LogP contribution in [0.2, 0.25) is 5.02 Å². The van der Waals surface area contributed by atoms with Crippen LogP contribution in [0.3, 0.4) is 0 Å². The number of halogens is 2. The van der Waals surface area contributed by atoms with Crippen molar-refractivity contribution in [3.8, 4) is 0 Å². The summed E-state index contributed by atoms with van der Waals surface area (Å²) >= 11 is 7.77. The van der Waals surface area contributed by atoms with Gasteiger partial charge in [0.05, 0.1) is 17.2 Å². The van der Waals surface area contributed by atoms with E-state index in [1.54, 1.807) is 13.0 Å². The standard InChI is InChI=1S/C8H7ClINO2/c1-2-13-8(12)5-3-7(10)11-4-6(5)9/h3-4H,2H2,1H3. The first kappa shape index (κ1) is 10.7. The van der Waals surface area contributed by atoms with Crippen molar-refractivity contribution < 1.29 is 9.53 Å². The third-order valence-corrected chi connectivity index (χ3v) is 2.21. The summed E-state index contributed by atoms with van der Waals surface area (Å²) in [5.74, 6) is -0.409. The molecule has 0 aliphatic rings. The molecule has 1 aromatic rings. The molecule has 1 heterocycles. The van der Waals surface area contributed by atoms with Crippen LogP contribution in [0.25, 0.3) is 0 Å². The Bertz CT molecular complexity index is 330. The first-order valence-corrected chi connectivity index (χ1v) is 5.09. The highest BCUT2D eigenvalue weighted by Gasteiger charge is 2.11. The van der Waals surface area contributed by atoms with Gasteiger partial charge >= 0.3 is 5.97 Å². The Kier molecular flexibility index (Phi) is 3.92. The molecule has 1 aromatic heterocycles. The van der Waals surface area contributed by atoms with Crippen molar-refractivity contribution in [1.82, 2.24) is 4.98 Å². The van der Waals surface area contributed by atoms with Crippen molar-refractivity contribution >= 4 is 40.2 Å². The zero-order chi connectivity index (χ0) is 9.84. The summed E-state index contributed by atoms with van der Waals surface area (Å²) < 4.78 is 5.52. The van der Waals surface area contributed by atoms with Gasteiger partial charge in [-0.15, -0.1) is 0 Å². The Morgan fingerprint density at radius 2 is 2.46 bits per heavy atom. The fraction of sp³-hybridized carbons (Fsp3) is 0.250. The number of aromatic nitrogens is 1. The molecule has 1 rings (SSSR count). The van der Waals surface area contributed by atoms with Crippen LogP contribution in [0.5, 0.6) is 0 Å². The number of esters is 1. The number of nitrogens with zero attached hydrogens (tertiary/aromatic N) is 1. The summed E-state index contributed by atoms with van der Waals surface area (Å²) in [6, 6.07) is 1.60. The summed E-state index contributed by atoms with van der Waals surface area (Å²) in [5, 5.41) is 0.318. The first-order valence-electron chi connectivity index (χ1n) is 3.63. The molecule has 0 aromatic carbocycles. The van der Waals surface area contributed by atoms with Gasteiger partial charge in [-0.05, 0) is 35.6 Å². The van der Waals surface area contributed by atoms with Gasteiger partial charge in [0.2, 0.25) is 0 Å². The molecule has 0 unspecified atom stereocenters. The number of ether oxygens (including phenoxy) is 1. The van der Waals surface area contributed by atoms with Crippen molar-refractivity contribution in [1.29, 1.82) is 0 Å². The van der Waals surface area contributed by atoms with Crippen LogP contribution in [-0.2, 0) is 4.74 Å². The monoisotopic (exact) mass is 311 g/mol. The number of hydrogen-bond donors (Lipinski definition) is 0. The lowest BCUT2D eigenvalue weighted by atomic mass is 10.3. The van der Waals surface area contributed by atoms with Crippen LogP contribution in [0.1, 0.15) is 17.3 Å². The first-order chi connectivity index (χ1) is 6.15. The summed E-state index contributed by atoms with van der Waals surface area (Å²) in [6.07, 6.45) is 1.44. The largest absolute Gasteiger partial charge is 0.462 e. The van der Waals surface area contributed by atoms with Gasteiger partial charge < -0.3 is 4.74 Å². The van der Waals surface area contributed by atoms with Gasteiger partial charge in [-0.3, -0.25) is 0 Å². The maximum Gasteiger partial charge on any atom is 0.339 e. The van der Waals surface area contributed by atoms with Crippen LogP contribution in [0.15, 0.2) is 12.3 Å². The van der Waals surface area contributed by atoms with Gasteiger partial charge in [0.1, 0.15) is 3.70 Å². The van der Waals surface area contributed by atoms with Gasteiger partial charge in [-0.1, -0.05) is 11.6 Å². The third-order valence-electron chi connectivity index (χ3n) is 1.32. The van der Waals surface area contributed by atoms with E-state index in [0.29, 0.717) is 20.9 Å². The molecule has 0 saturated heterocycles. The van der Waals surface area contributed by atoms with E-state index in [1.165, 1.54) is 6.20 Å². The zero-order valence-electron chi connectivity index (χ0n) is 6.88. The van der Waals surface area contributed by atoms with Crippen molar-refractivity contribution in [3.05, 3.63) is 26.5 Å². The molecule has 0 bridgehead atoms. The average Bonchev–Trinajstić information content (AvgIpc) is 2.09. The van der Waals surface area contributed by atoms with Crippen molar-refractivity contribution in [3.63, 3.8) is 0 Å². The van der Waals surface area contributed by atoms with E-state index in [0.717, 1.165) is 0 Å². The van der Waals surface area contributed by atoms with E-state index in [4.69, 9.17) is 16.3 Å². The lowest BCUT2D eigenvalue weighted by molar-refractivity contribution is 0.0526. The number of carbonyl (C=O) groups excluding carboxylic acids is 1. The second-order valence-electron chi connectivity index (χ2n) is 2.21. The molecule has 0 amide bonds. The Balaban J connectivity index is 2.99. The predicted octanol–water partition coefficient (Wildman–Crippen LogP) is 2.52. The minimum Gasteiger partial charge on any atom is -0.462 e. The molecule has 0 radical (unpaired) electrons. The minimum atomic E-state index is -0.409. The number of rotatable bonds is 2. The molecule has 0 aliphatic carbocycles. The normalized spacial score (nSPS) is 9.77. The lowest BCUT2D eigenvalue weighted by Crippen LogP contribution is -2.06. The summed E-state index contributed by atoms with van der Waals surface area (Å²) in [6.45, 7) is 2.09. The molecule has 0 fully saturated rings. The molecule has 13 heavy (non-hydrogen) atoms. The van der Waals surface area contributed by atoms with Gasteiger partial charge in [0.25, 0.3) is 0 Å². The molecule has 0 atom stereocenters. The van der Waals surface area contributed by atoms with Crippen molar-refractivity contribution in [2.24, 2.45) is 0 Å². The smallest absolute Gasteiger partial charge is 0.339 e. The van der Waals surface area contributed by atoms with E-state index >= 15 is 0 Å². The van der Waals surface area contributed by atoms with Gasteiger partial charge in [-0.2, -0.15) is 0 Å². The Morgan fingerprint density at radius 1 is 1.77 bits per heavy atom. The average molecular weight is 312 g/mol. The molecular formula is C8H7ClINO2. The van der Waals surface area contributed by atoms with E-state index < -0.39 is 5.97 Å². The number of pyridine rings is 1. The zero-order valence-corrected chi connectivity index (χ0v) is 9.79. The Labute approximate surface area is 94.6 Å². The van der Waals surface area contributed by atoms with Gasteiger partial charge in [-0.25, -0.2) is 9.78 Å². The van der Waals surface area contributed by atoms with Crippen LogP contribution in [0, 0.1) is 3.70 Å². The van der Waals surface area contributed by atoms with Gasteiger partial charge in [0, 0.05) is 6.20 Å². The van der Waals surface area contributed by atoms with Crippen molar-refractivity contribution in [2.45, 2.75) is 6.92 Å². The molecule has 0 spiro atoms. The van der Waals surface area contributed by atoms with Crippen LogP contribution in [-0.4, -0.2) is 17.6 Å². The number of hydrogen-bond acceptors (Lipinski definition) is 3. The molecule has 3 nitrogen and oxygen atoms in total. The van der Waals surface area contributed by atoms with E-state index in [2.05, 4.69) is 4.98 Å². The molecule has 70 valence electrons. The fourth-order valence-electron chi connectivity index (χ4n) is 0.778. The lowest BCUT2D eigenvalue weighted by Gasteiger charge is -2.03. The molecule has 5 heteroatoms. The molecule has 0 aliphatic heterocycles. The molecule has 0 N–H and O–H groups in total. The summed E-state index contributed by atoms with van der Waals surface area (Å²) in [7, 11) is 0. The third kappa shape index (κ3) is 2.80. The maximum atomic E-state index is 11.3. The maximum absolute atomic E-state index is 11.3. The summed E-state index contributed by atoms with van der Waals surface area (Å²) in [4.78, 5) is 15.2. The van der Waals surface area contributed by atoms with Crippen LogP contribution >= 0.6 is 34.2 Å². The fourth-order valence-corrected chi connectivity index (χ4v) is 1.41. The second kappa shape index (κ2) is 4.76. The summed E-state index contributed by atoms with van der Waals surface area (Å²) in [5.41, 5.74) is 0.364. The predicted molar refractivity (Wildman–Crippen MR) is 57.9 cm³/mol. The van der Waals surface area contributed by atoms with E-state index in [-0.39, 0.29) is 0 Å². The highest BCUT2D eigenvalue weighted by molar-refractivity contribution is 14.1. The number of carbonyl (C=O) groups is 1. The van der Waals surface area contributed by atoms with E-state index in [1.807, 2.05) is 22.6 Å². The molecule has 0 saturated carbocycles. The minimum absolute atomic E-state index is 0.318. The topological polar surface area (TPSA) is 39.2 Å². The Hall–Kier alpha value is -0.360. The van der Waals surface area contributed by atoms with E-state index in [9.17, 15) is 4.79 Å². The quantitative estimate of drug-likeness (QED) is 0.479. The van der Waals surface area contributed by atoms with Crippen LogP contribution in [0.4, 0.5) is 0 Å². The van der Waals surface area contributed by atoms with Gasteiger partial charge in [0.15, 0.2) is 0 Å². The SMILES string of the molecule is CCOC(=O)c1cc(I)ncc1Cl. The Morgan fingerprint density at radius 3 is 3.08 bits per heavy atom. The van der Waals surface area contributed by atoms with Crippen LogP contribution < -0.4 is 0 Å². The highest BCUT2D eigenvalue weighted by Crippen LogP contribution is 2.17. The molecular weight excluding hydrogens is 304 g/mol. The van der Waals surface area contributed by atoms with Crippen molar-refractivity contribution in [2.75, 3.05) is 6.61 Å². The highest BCUT2D eigenvalue weighted by atomic mass is 127. The second-order valence-corrected chi connectivity index (χ2v) is 3.72.